The van der Waals surface area contributed by atoms with Gasteiger partial charge in [-0.3, -0.25) is 4.79 Å². The molecule has 0 aliphatic heterocycles. The second-order valence-electron chi connectivity index (χ2n) is 2.31. The lowest BCUT2D eigenvalue weighted by molar-refractivity contribution is 0.0961. The fraction of sp³-hybridized carbons (Fsp3) is 0.286. The van der Waals surface area contributed by atoms with Crippen molar-refractivity contribution in [1.82, 2.24) is 15.3 Å². The monoisotopic (exact) mass is 166 g/mol. The van der Waals surface area contributed by atoms with Gasteiger partial charge in [-0.1, -0.05) is 0 Å². The fourth-order valence-electron chi connectivity index (χ4n) is 0.843. The van der Waals surface area contributed by atoms with Gasteiger partial charge in [0, 0.05) is 13.2 Å². The molecule has 0 unspecified atom stereocenters. The Morgan fingerprint density at radius 1 is 1.67 bits per heavy atom. The maximum Gasteiger partial charge on any atom is 0.254 e. The summed E-state index contributed by atoms with van der Waals surface area (Å²) in [6.07, 6.45) is 1.41. The maximum absolute atomic E-state index is 11.1. The second kappa shape index (κ2) is 3.17. The average molecular weight is 166 g/mol. The molecule has 0 aromatic carbocycles. The van der Waals surface area contributed by atoms with Gasteiger partial charge in [0.1, 0.15) is 0 Å². The van der Waals surface area contributed by atoms with E-state index >= 15 is 0 Å². The Hall–Kier alpha value is -1.65. The number of rotatable bonds is 1. The molecule has 1 aromatic heterocycles. The second-order valence-corrected chi connectivity index (χ2v) is 2.31. The lowest BCUT2D eigenvalue weighted by atomic mass is 10.2. The first kappa shape index (κ1) is 8.45. The molecule has 12 heavy (non-hydrogen) atoms. The number of amides is 1. The highest BCUT2D eigenvalue weighted by atomic mass is 16.1. The van der Waals surface area contributed by atoms with Crippen LogP contribution < -0.4 is 11.1 Å². The number of nitrogen functional groups attached to an aromatic ring is 1. The van der Waals surface area contributed by atoms with Crippen LogP contribution in [0.3, 0.4) is 0 Å². The van der Waals surface area contributed by atoms with Crippen LogP contribution in [0.25, 0.3) is 0 Å². The number of nitrogens with two attached hydrogens (primary N) is 1. The molecule has 64 valence electrons. The lowest BCUT2D eigenvalue weighted by Crippen LogP contribution is -2.20. The van der Waals surface area contributed by atoms with Gasteiger partial charge in [0.2, 0.25) is 5.95 Å². The summed E-state index contributed by atoms with van der Waals surface area (Å²) in [4.78, 5) is 18.7. The molecule has 0 saturated carbocycles. The summed E-state index contributed by atoms with van der Waals surface area (Å²) >= 11 is 0. The van der Waals surface area contributed by atoms with Gasteiger partial charge in [0.25, 0.3) is 5.91 Å². The summed E-state index contributed by atoms with van der Waals surface area (Å²) < 4.78 is 0. The van der Waals surface area contributed by atoms with Crippen molar-refractivity contribution in [2.24, 2.45) is 0 Å². The van der Waals surface area contributed by atoms with Crippen molar-refractivity contribution in [2.45, 2.75) is 6.92 Å². The summed E-state index contributed by atoms with van der Waals surface area (Å²) in [5, 5.41) is 2.48. The third kappa shape index (κ3) is 1.50. The Kier molecular flexibility index (Phi) is 2.23. The van der Waals surface area contributed by atoms with E-state index in [1.807, 2.05) is 0 Å². The molecule has 0 aliphatic rings. The van der Waals surface area contributed by atoms with Crippen molar-refractivity contribution < 1.29 is 4.79 Å². The zero-order valence-corrected chi connectivity index (χ0v) is 6.96. The standard InChI is InChI=1S/C7H10N4O/c1-4-5(6(12)9-2)3-10-7(8)11-4/h3H,1-2H3,(H,9,12)(H2,8,10,11). The molecule has 0 fully saturated rings. The molecular formula is C7H10N4O. The van der Waals surface area contributed by atoms with Gasteiger partial charge in [-0.15, -0.1) is 0 Å². The van der Waals surface area contributed by atoms with Crippen LogP contribution in [0.2, 0.25) is 0 Å². The molecule has 0 spiro atoms. The minimum atomic E-state index is -0.201. The van der Waals surface area contributed by atoms with E-state index in [4.69, 9.17) is 5.73 Å². The van der Waals surface area contributed by atoms with Crippen molar-refractivity contribution in [3.8, 4) is 0 Å². The Balaban J connectivity index is 3.09. The van der Waals surface area contributed by atoms with Crippen molar-refractivity contribution in [1.29, 1.82) is 0 Å². The first-order valence-corrected chi connectivity index (χ1v) is 3.46. The Bertz CT molecular complexity index is 310. The third-order valence-electron chi connectivity index (χ3n) is 1.47. The highest BCUT2D eigenvalue weighted by molar-refractivity contribution is 5.94. The molecule has 0 radical (unpaired) electrons. The van der Waals surface area contributed by atoms with Crippen LogP contribution in [-0.2, 0) is 0 Å². The number of carbonyl (C=O) groups excluding carboxylic acids is 1. The normalized spacial score (nSPS) is 9.50. The number of anilines is 1. The summed E-state index contributed by atoms with van der Waals surface area (Å²) in [7, 11) is 1.55. The molecule has 0 atom stereocenters. The third-order valence-corrected chi connectivity index (χ3v) is 1.47. The quantitative estimate of drug-likeness (QED) is 0.601. The molecule has 0 bridgehead atoms. The van der Waals surface area contributed by atoms with Crippen LogP contribution in [0, 0.1) is 6.92 Å². The van der Waals surface area contributed by atoms with Crippen molar-refractivity contribution >= 4 is 11.9 Å². The highest BCUT2D eigenvalue weighted by Crippen LogP contribution is 2.03. The van der Waals surface area contributed by atoms with Crippen LogP contribution in [0.5, 0.6) is 0 Å². The van der Waals surface area contributed by atoms with Gasteiger partial charge in [-0.05, 0) is 6.92 Å². The number of carbonyl (C=O) groups is 1. The van der Waals surface area contributed by atoms with Crippen LogP contribution in [0.4, 0.5) is 5.95 Å². The molecule has 1 heterocycles. The number of hydrogen-bond acceptors (Lipinski definition) is 4. The molecule has 5 heteroatoms. The van der Waals surface area contributed by atoms with Gasteiger partial charge in [-0.25, -0.2) is 9.97 Å². The topological polar surface area (TPSA) is 80.9 Å². The molecule has 3 N–H and O–H groups in total. The smallest absolute Gasteiger partial charge is 0.254 e. The summed E-state index contributed by atoms with van der Waals surface area (Å²) in [6, 6.07) is 0. The first-order chi connectivity index (χ1) is 5.65. The largest absolute Gasteiger partial charge is 0.368 e. The predicted octanol–water partition coefficient (Wildman–Crippen LogP) is -0.273. The molecule has 1 amide bonds. The van der Waals surface area contributed by atoms with Gasteiger partial charge in [-0.2, -0.15) is 0 Å². The zero-order valence-electron chi connectivity index (χ0n) is 6.96. The molecule has 0 aliphatic carbocycles. The highest BCUT2D eigenvalue weighted by Gasteiger charge is 2.07. The molecule has 5 nitrogen and oxygen atoms in total. The van der Waals surface area contributed by atoms with Crippen LogP contribution in [-0.4, -0.2) is 22.9 Å². The van der Waals surface area contributed by atoms with Gasteiger partial charge in [0.05, 0.1) is 11.3 Å². The number of nitrogens with one attached hydrogen (secondary N) is 1. The van der Waals surface area contributed by atoms with Gasteiger partial charge >= 0.3 is 0 Å². The van der Waals surface area contributed by atoms with E-state index in [0.29, 0.717) is 11.3 Å². The van der Waals surface area contributed by atoms with Crippen molar-refractivity contribution in [3.05, 3.63) is 17.5 Å². The van der Waals surface area contributed by atoms with Crippen LogP contribution in [0.1, 0.15) is 16.1 Å². The Morgan fingerprint density at radius 3 is 2.83 bits per heavy atom. The SMILES string of the molecule is CNC(=O)c1cnc(N)nc1C. The first-order valence-electron chi connectivity index (χ1n) is 3.46. The van der Waals surface area contributed by atoms with E-state index in [-0.39, 0.29) is 11.9 Å². The summed E-state index contributed by atoms with van der Waals surface area (Å²) in [5.74, 6) is -0.0207. The van der Waals surface area contributed by atoms with E-state index in [1.54, 1.807) is 14.0 Å². The molecule has 1 rings (SSSR count). The lowest BCUT2D eigenvalue weighted by Gasteiger charge is -2.02. The van der Waals surface area contributed by atoms with E-state index in [0.717, 1.165) is 0 Å². The number of nitrogens with zero attached hydrogens (tertiary/aromatic N) is 2. The zero-order chi connectivity index (χ0) is 9.14. The van der Waals surface area contributed by atoms with Crippen LogP contribution >= 0.6 is 0 Å². The van der Waals surface area contributed by atoms with Gasteiger partial charge < -0.3 is 11.1 Å². The number of aryl methyl sites for hydroxylation is 1. The minimum Gasteiger partial charge on any atom is -0.368 e. The molecule has 1 aromatic rings. The molecular weight excluding hydrogens is 156 g/mol. The minimum absolute atomic E-state index is 0.181. The maximum atomic E-state index is 11.1. The molecule has 0 saturated heterocycles. The average Bonchev–Trinajstić information content (AvgIpc) is 2.03. The van der Waals surface area contributed by atoms with E-state index in [9.17, 15) is 4.79 Å². The number of aromatic nitrogens is 2. The predicted molar refractivity (Wildman–Crippen MR) is 44.6 cm³/mol. The Labute approximate surface area is 70.0 Å². The van der Waals surface area contributed by atoms with Crippen LogP contribution in [0.15, 0.2) is 6.20 Å². The Morgan fingerprint density at radius 2 is 2.33 bits per heavy atom. The van der Waals surface area contributed by atoms with Gasteiger partial charge in [0.15, 0.2) is 0 Å². The fourth-order valence-corrected chi connectivity index (χ4v) is 0.843. The van der Waals surface area contributed by atoms with Crippen molar-refractivity contribution in [3.63, 3.8) is 0 Å². The number of hydrogen-bond donors (Lipinski definition) is 2. The van der Waals surface area contributed by atoms with Crippen molar-refractivity contribution in [2.75, 3.05) is 12.8 Å². The van der Waals surface area contributed by atoms with E-state index in [2.05, 4.69) is 15.3 Å². The summed E-state index contributed by atoms with van der Waals surface area (Å²) in [6.45, 7) is 1.71. The van der Waals surface area contributed by atoms with E-state index < -0.39 is 0 Å². The van der Waals surface area contributed by atoms with E-state index in [1.165, 1.54) is 6.20 Å². The summed E-state index contributed by atoms with van der Waals surface area (Å²) in [5.41, 5.74) is 6.35.